The van der Waals surface area contributed by atoms with Crippen LogP contribution in [0.3, 0.4) is 0 Å². The second-order valence-electron chi connectivity index (χ2n) is 5.47. The van der Waals surface area contributed by atoms with Crippen LogP contribution in [0, 0.1) is 5.92 Å². The Kier molecular flexibility index (Phi) is 2.79. The molecular formula is C14H21N3. The summed E-state index contributed by atoms with van der Waals surface area (Å²) >= 11 is 0. The van der Waals surface area contributed by atoms with Crippen LogP contribution in [0.4, 0.5) is 5.82 Å². The smallest absolute Gasteiger partial charge is 0.129 e. The van der Waals surface area contributed by atoms with E-state index in [-0.39, 0.29) is 0 Å². The zero-order valence-electron chi connectivity index (χ0n) is 10.5. The molecule has 0 bridgehead atoms. The lowest BCUT2D eigenvalue weighted by Crippen LogP contribution is -2.28. The van der Waals surface area contributed by atoms with E-state index in [0.29, 0.717) is 12.0 Å². The van der Waals surface area contributed by atoms with Crippen LogP contribution < -0.4 is 10.6 Å². The summed E-state index contributed by atoms with van der Waals surface area (Å²) in [6, 6.07) is 5.04. The summed E-state index contributed by atoms with van der Waals surface area (Å²) in [6.07, 6.45) is 4.84. The fourth-order valence-electron chi connectivity index (χ4n) is 3.20. The summed E-state index contributed by atoms with van der Waals surface area (Å²) in [4.78, 5) is 7.27. The monoisotopic (exact) mass is 231 g/mol. The normalized spacial score (nSPS) is 27.5. The number of hydrogen-bond donors (Lipinski definition) is 1. The third-order valence-electron chi connectivity index (χ3n) is 4.20. The van der Waals surface area contributed by atoms with E-state index < -0.39 is 0 Å². The van der Waals surface area contributed by atoms with Gasteiger partial charge in [-0.15, -0.1) is 0 Å². The molecule has 1 aromatic heterocycles. The molecule has 1 aliphatic heterocycles. The minimum Gasteiger partial charge on any atom is -0.354 e. The Morgan fingerprint density at radius 1 is 1.41 bits per heavy atom. The number of aromatic nitrogens is 1. The van der Waals surface area contributed by atoms with Gasteiger partial charge in [0.1, 0.15) is 5.82 Å². The van der Waals surface area contributed by atoms with E-state index in [4.69, 9.17) is 10.7 Å². The van der Waals surface area contributed by atoms with E-state index in [1.54, 1.807) is 0 Å². The van der Waals surface area contributed by atoms with Gasteiger partial charge in [0.2, 0.25) is 0 Å². The summed E-state index contributed by atoms with van der Waals surface area (Å²) in [5.74, 6) is 1.80. The van der Waals surface area contributed by atoms with Gasteiger partial charge in [-0.1, -0.05) is 6.07 Å². The lowest BCUT2D eigenvalue weighted by molar-refractivity contribution is 0.579. The molecule has 2 atom stereocenters. The Balaban J connectivity index is 1.84. The standard InChI is InChI=1S/C14H21N3/c1-10-7-11(8-15)9-17(10)14-6-5-12-3-2-4-13(12)16-14/h5-6,10-11H,2-4,7-9,15H2,1H3. The molecule has 3 heteroatoms. The first kappa shape index (κ1) is 11.0. The van der Waals surface area contributed by atoms with E-state index >= 15 is 0 Å². The van der Waals surface area contributed by atoms with Crippen molar-refractivity contribution in [2.75, 3.05) is 18.0 Å². The van der Waals surface area contributed by atoms with Crippen LogP contribution in [0.25, 0.3) is 0 Å². The van der Waals surface area contributed by atoms with E-state index in [9.17, 15) is 0 Å². The van der Waals surface area contributed by atoms with Gasteiger partial charge in [0, 0.05) is 18.3 Å². The molecule has 3 rings (SSSR count). The maximum atomic E-state index is 5.78. The van der Waals surface area contributed by atoms with Crippen molar-refractivity contribution < 1.29 is 0 Å². The third-order valence-corrected chi connectivity index (χ3v) is 4.20. The molecule has 0 amide bonds. The van der Waals surface area contributed by atoms with Gasteiger partial charge in [-0.2, -0.15) is 0 Å². The van der Waals surface area contributed by atoms with Crippen LogP contribution in [0.15, 0.2) is 12.1 Å². The van der Waals surface area contributed by atoms with E-state index in [1.807, 2.05) is 0 Å². The number of pyridine rings is 1. The molecule has 1 aromatic rings. The van der Waals surface area contributed by atoms with Gasteiger partial charge in [-0.3, -0.25) is 0 Å². The largest absolute Gasteiger partial charge is 0.354 e. The second kappa shape index (κ2) is 4.30. The number of rotatable bonds is 2. The van der Waals surface area contributed by atoms with Crippen LogP contribution in [-0.2, 0) is 12.8 Å². The summed E-state index contributed by atoms with van der Waals surface area (Å²) in [5, 5.41) is 0. The van der Waals surface area contributed by atoms with Crippen molar-refractivity contribution >= 4 is 5.82 Å². The van der Waals surface area contributed by atoms with Crippen molar-refractivity contribution in [3.05, 3.63) is 23.4 Å². The van der Waals surface area contributed by atoms with E-state index in [1.165, 1.54) is 30.5 Å². The highest BCUT2D eigenvalue weighted by atomic mass is 15.2. The molecule has 17 heavy (non-hydrogen) atoms. The topological polar surface area (TPSA) is 42.1 Å². The van der Waals surface area contributed by atoms with Gasteiger partial charge in [-0.05, 0) is 56.7 Å². The Hall–Kier alpha value is -1.09. The van der Waals surface area contributed by atoms with Gasteiger partial charge in [-0.25, -0.2) is 4.98 Å². The number of fused-ring (bicyclic) bond motifs is 1. The molecule has 2 heterocycles. The number of nitrogens with two attached hydrogens (primary N) is 1. The number of hydrogen-bond acceptors (Lipinski definition) is 3. The quantitative estimate of drug-likeness (QED) is 0.843. The van der Waals surface area contributed by atoms with Gasteiger partial charge in [0.15, 0.2) is 0 Å². The SMILES string of the molecule is CC1CC(CN)CN1c1ccc2c(n1)CCC2. The van der Waals surface area contributed by atoms with Crippen molar-refractivity contribution in [3.8, 4) is 0 Å². The van der Waals surface area contributed by atoms with Crippen molar-refractivity contribution in [1.29, 1.82) is 0 Å². The third kappa shape index (κ3) is 1.93. The summed E-state index contributed by atoms with van der Waals surface area (Å²) in [5.41, 5.74) is 8.56. The Morgan fingerprint density at radius 2 is 2.29 bits per heavy atom. The molecule has 0 spiro atoms. The first-order chi connectivity index (χ1) is 8.28. The average molecular weight is 231 g/mol. The molecule has 0 radical (unpaired) electrons. The molecule has 2 unspecified atom stereocenters. The molecule has 1 aliphatic carbocycles. The van der Waals surface area contributed by atoms with Gasteiger partial charge in [0.25, 0.3) is 0 Å². The van der Waals surface area contributed by atoms with Crippen LogP contribution in [0.2, 0.25) is 0 Å². The fourth-order valence-corrected chi connectivity index (χ4v) is 3.20. The lowest BCUT2D eigenvalue weighted by Gasteiger charge is -2.23. The molecule has 1 saturated heterocycles. The fraction of sp³-hybridized carbons (Fsp3) is 0.643. The first-order valence-corrected chi connectivity index (χ1v) is 6.73. The maximum Gasteiger partial charge on any atom is 0.129 e. The van der Waals surface area contributed by atoms with Crippen molar-refractivity contribution in [2.24, 2.45) is 11.7 Å². The molecule has 92 valence electrons. The Morgan fingerprint density at radius 3 is 3.06 bits per heavy atom. The molecule has 0 saturated carbocycles. The number of aryl methyl sites for hydroxylation is 2. The Labute approximate surface area is 103 Å². The summed E-state index contributed by atoms with van der Waals surface area (Å²) in [7, 11) is 0. The highest BCUT2D eigenvalue weighted by Gasteiger charge is 2.29. The van der Waals surface area contributed by atoms with E-state index in [2.05, 4.69) is 24.0 Å². The average Bonchev–Trinajstić information content (AvgIpc) is 2.93. The highest BCUT2D eigenvalue weighted by molar-refractivity contribution is 5.45. The minimum atomic E-state index is 0.579. The molecule has 1 fully saturated rings. The van der Waals surface area contributed by atoms with Crippen LogP contribution in [-0.4, -0.2) is 24.1 Å². The minimum absolute atomic E-state index is 0.579. The zero-order valence-corrected chi connectivity index (χ0v) is 10.5. The zero-order chi connectivity index (χ0) is 11.8. The molecule has 0 aromatic carbocycles. The van der Waals surface area contributed by atoms with Crippen molar-refractivity contribution in [3.63, 3.8) is 0 Å². The predicted octanol–water partition coefficient (Wildman–Crippen LogP) is 1.74. The molecular weight excluding hydrogens is 210 g/mol. The van der Waals surface area contributed by atoms with Gasteiger partial charge < -0.3 is 10.6 Å². The predicted molar refractivity (Wildman–Crippen MR) is 70.2 cm³/mol. The Bertz CT molecular complexity index is 416. The molecule has 2 N–H and O–H groups in total. The van der Waals surface area contributed by atoms with Gasteiger partial charge >= 0.3 is 0 Å². The second-order valence-corrected chi connectivity index (χ2v) is 5.47. The van der Waals surface area contributed by atoms with Crippen molar-refractivity contribution in [1.82, 2.24) is 4.98 Å². The summed E-state index contributed by atoms with van der Waals surface area (Å²) in [6.45, 7) is 4.15. The van der Waals surface area contributed by atoms with Crippen molar-refractivity contribution in [2.45, 2.75) is 38.6 Å². The molecule has 2 aliphatic rings. The summed E-state index contributed by atoms with van der Waals surface area (Å²) < 4.78 is 0. The van der Waals surface area contributed by atoms with Gasteiger partial charge in [0.05, 0.1) is 0 Å². The molecule has 3 nitrogen and oxygen atoms in total. The van der Waals surface area contributed by atoms with Crippen LogP contribution in [0.1, 0.15) is 31.0 Å². The van der Waals surface area contributed by atoms with Crippen LogP contribution >= 0.6 is 0 Å². The van der Waals surface area contributed by atoms with Crippen LogP contribution in [0.5, 0.6) is 0 Å². The number of anilines is 1. The number of nitrogens with zero attached hydrogens (tertiary/aromatic N) is 2. The lowest BCUT2D eigenvalue weighted by atomic mass is 10.1. The highest BCUT2D eigenvalue weighted by Crippen LogP contribution is 2.29. The maximum absolute atomic E-state index is 5.78. The first-order valence-electron chi connectivity index (χ1n) is 6.73. The van der Waals surface area contributed by atoms with E-state index in [0.717, 1.165) is 25.3 Å².